The Balaban J connectivity index is 2.04. The normalized spacial score (nSPS) is 11.1. The SMILES string of the molecule is Cc1nonc1Cn1ccc2cc(N)ccc21. The van der Waals surface area contributed by atoms with Gasteiger partial charge in [0.1, 0.15) is 11.4 Å². The highest BCUT2D eigenvalue weighted by Crippen LogP contribution is 2.19. The highest BCUT2D eigenvalue weighted by Gasteiger charge is 2.08. The number of aromatic nitrogens is 3. The summed E-state index contributed by atoms with van der Waals surface area (Å²) in [7, 11) is 0. The zero-order valence-corrected chi connectivity index (χ0v) is 9.42. The number of hydrogen-bond donors (Lipinski definition) is 1. The molecule has 0 radical (unpaired) electrons. The van der Waals surface area contributed by atoms with Crippen LogP contribution < -0.4 is 5.73 Å². The molecule has 0 fully saturated rings. The van der Waals surface area contributed by atoms with Crippen LogP contribution in [0.4, 0.5) is 5.69 Å². The number of aryl methyl sites for hydroxylation is 1. The Morgan fingerprint density at radius 1 is 1.29 bits per heavy atom. The first-order valence-electron chi connectivity index (χ1n) is 5.36. The second kappa shape index (κ2) is 3.62. The van der Waals surface area contributed by atoms with E-state index in [1.165, 1.54) is 0 Å². The van der Waals surface area contributed by atoms with Crippen molar-refractivity contribution in [3.8, 4) is 0 Å². The van der Waals surface area contributed by atoms with Gasteiger partial charge in [0.2, 0.25) is 0 Å². The quantitative estimate of drug-likeness (QED) is 0.681. The molecular formula is C12H12N4O. The summed E-state index contributed by atoms with van der Waals surface area (Å²) in [4.78, 5) is 0. The molecule has 0 amide bonds. The van der Waals surface area contributed by atoms with Crippen molar-refractivity contribution in [1.82, 2.24) is 14.9 Å². The lowest BCUT2D eigenvalue weighted by Crippen LogP contribution is -1.99. The van der Waals surface area contributed by atoms with Gasteiger partial charge in [-0.3, -0.25) is 0 Å². The average molecular weight is 228 g/mol. The Labute approximate surface area is 97.8 Å². The molecule has 3 rings (SSSR count). The molecular weight excluding hydrogens is 216 g/mol. The molecule has 0 atom stereocenters. The summed E-state index contributed by atoms with van der Waals surface area (Å²) in [6.45, 7) is 2.54. The number of hydrogen-bond acceptors (Lipinski definition) is 4. The first-order chi connectivity index (χ1) is 8.24. The molecule has 17 heavy (non-hydrogen) atoms. The van der Waals surface area contributed by atoms with Crippen LogP contribution in [0.2, 0.25) is 0 Å². The standard InChI is InChI=1S/C12H12N4O/c1-8-11(15-17-14-8)7-16-5-4-9-6-10(13)2-3-12(9)16/h2-6H,7,13H2,1H3. The van der Waals surface area contributed by atoms with Gasteiger partial charge in [-0.2, -0.15) is 0 Å². The molecule has 5 heteroatoms. The molecule has 0 spiro atoms. The van der Waals surface area contributed by atoms with Crippen molar-refractivity contribution in [2.45, 2.75) is 13.5 Å². The lowest BCUT2D eigenvalue weighted by Gasteiger charge is -2.03. The molecule has 0 aliphatic heterocycles. The van der Waals surface area contributed by atoms with Gasteiger partial charge in [-0.1, -0.05) is 10.3 Å². The molecule has 86 valence electrons. The minimum Gasteiger partial charge on any atom is -0.399 e. The van der Waals surface area contributed by atoms with Crippen molar-refractivity contribution in [3.63, 3.8) is 0 Å². The first-order valence-corrected chi connectivity index (χ1v) is 5.36. The maximum Gasteiger partial charge on any atom is 0.127 e. The Kier molecular flexibility index (Phi) is 2.11. The number of nitrogen functional groups attached to an aromatic ring is 1. The van der Waals surface area contributed by atoms with Gasteiger partial charge in [-0.05, 0) is 31.2 Å². The van der Waals surface area contributed by atoms with Gasteiger partial charge in [-0.25, -0.2) is 4.63 Å². The Bertz CT molecular complexity index is 668. The summed E-state index contributed by atoms with van der Waals surface area (Å²) in [5.74, 6) is 0. The molecule has 2 heterocycles. The van der Waals surface area contributed by atoms with Crippen LogP contribution in [0.5, 0.6) is 0 Å². The van der Waals surface area contributed by atoms with Gasteiger partial charge in [0.25, 0.3) is 0 Å². The fourth-order valence-electron chi connectivity index (χ4n) is 1.91. The predicted molar refractivity (Wildman–Crippen MR) is 64.5 cm³/mol. The van der Waals surface area contributed by atoms with Crippen LogP contribution in [0.15, 0.2) is 35.1 Å². The molecule has 0 unspecified atom stereocenters. The number of fused-ring (bicyclic) bond motifs is 1. The van der Waals surface area contributed by atoms with Gasteiger partial charge >= 0.3 is 0 Å². The van der Waals surface area contributed by atoms with Crippen molar-refractivity contribution in [2.75, 3.05) is 5.73 Å². The van der Waals surface area contributed by atoms with Crippen LogP contribution >= 0.6 is 0 Å². The molecule has 1 aromatic carbocycles. The molecule has 2 aromatic heterocycles. The summed E-state index contributed by atoms with van der Waals surface area (Å²) in [6.07, 6.45) is 2.01. The Morgan fingerprint density at radius 2 is 2.18 bits per heavy atom. The highest BCUT2D eigenvalue weighted by molar-refractivity contribution is 5.83. The van der Waals surface area contributed by atoms with Gasteiger partial charge in [0, 0.05) is 22.8 Å². The molecule has 5 nitrogen and oxygen atoms in total. The van der Waals surface area contributed by atoms with Crippen LogP contribution in [0.1, 0.15) is 11.4 Å². The van der Waals surface area contributed by atoms with Gasteiger partial charge in [0.15, 0.2) is 0 Å². The zero-order valence-electron chi connectivity index (χ0n) is 9.42. The lowest BCUT2D eigenvalue weighted by atomic mass is 10.2. The molecule has 2 N–H and O–H groups in total. The van der Waals surface area contributed by atoms with Crippen LogP contribution in [0, 0.1) is 6.92 Å². The van der Waals surface area contributed by atoms with Crippen LogP contribution in [-0.2, 0) is 6.54 Å². The zero-order chi connectivity index (χ0) is 11.8. The van der Waals surface area contributed by atoms with Crippen molar-refractivity contribution >= 4 is 16.6 Å². The van der Waals surface area contributed by atoms with Crippen molar-refractivity contribution in [2.24, 2.45) is 0 Å². The highest BCUT2D eigenvalue weighted by atomic mass is 16.6. The molecule has 0 aliphatic rings. The summed E-state index contributed by atoms with van der Waals surface area (Å²) in [5, 5.41) is 8.78. The van der Waals surface area contributed by atoms with E-state index in [2.05, 4.69) is 14.9 Å². The topological polar surface area (TPSA) is 69.9 Å². The van der Waals surface area contributed by atoms with Crippen molar-refractivity contribution < 1.29 is 4.63 Å². The summed E-state index contributed by atoms with van der Waals surface area (Å²) in [6, 6.07) is 7.90. The third-order valence-corrected chi connectivity index (χ3v) is 2.86. The average Bonchev–Trinajstić information content (AvgIpc) is 2.87. The summed E-state index contributed by atoms with van der Waals surface area (Å²) < 4.78 is 6.79. The number of nitrogens with two attached hydrogens (primary N) is 1. The second-order valence-electron chi connectivity index (χ2n) is 4.06. The molecule has 0 aliphatic carbocycles. The monoisotopic (exact) mass is 228 g/mol. The van der Waals surface area contributed by atoms with E-state index in [9.17, 15) is 0 Å². The number of anilines is 1. The smallest absolute Gasteiger partial charge is 0.127 e. The summed E-state index contributed by atoms with van der Waals surface area (Å²) in [5.41, 5.74) is 9.31. The molecule has 0 bridgehead atoms. The van der Waals surface area contributed by atoms with E-state index < -0.39 is 0 Å². The fraction of sp³-hybridized carbons (Fsp3) is 0.167. The third-order valence-electron chi connectivity index (χ3n) is 2.86. The molecule has 3 aromatic rings. The largest absolute Gasteiger partial charge is 0.399 e. The lowest BCUT2D eigenvalue weighted by molar-refractivity contribution is 0.300. The van der Waals surface area contributed by atoms with Crippen molar-refractivity contribution in [3.05, 3.63) is 41.9 Å². The van der Waals surface area contributed by atoms with E-state index in [0.717, 1.165) is 28.0 Å². The third kappa shape index (κ3) is 1.65. The number of nitrogens with zero attached hydrogens (tertiary/aromatic N) is 3. The minimum absolute atomic E-state index is 0.656. The summed E-state index contributed by atoms with van der Waals surface area (Å²) >= 11 is 0. The van der Waals surface area contributed by atoms with Gasteiger partial charge < -0.3 is 10.3 Å². The van der Waals surface area contributed by atoms with E-state index in [0.29, 0.717) is 6.54 Å². The van der Waals surface area contributed by atoms with Crippen LogP contribution in [0.3, 0.4) is 0 Å². The van der Waals surface area contributed by atoms with E-state index >= 15 is 0 Å². The Hall–Kier alpha value is -2.30. The van der Waals surface area contributed by atoms with Crippen molar-refractivity contribution in [1.29, 1.82) is 0 Å². The van der Waals surface area contributed by atoms with Crippen LogP contribution in [0.25, 0.3) is 10.9 Å². The van der Waals surface area contributed by atoms with Gasteiger partial charge in [-0.15, -0.1) is 0 Å². The Morgan fingerprint density at radius 3 is 2.94 bits per heavy atom. The van der Waals surface area contributed by atoms with Gasteiger partial charge in [0.05, 0.1) is 6.54 Å². The van der Waals surface area contributed by atoms with E-state index in [4.69, 9.17) is 10.4 Å². The fourth-order valence-corrected chi connectivity index (χ4v) is 1.91. The van der Waals surface area contributed by atoms with Crippen LogP contribution in [-0.4, -0.2) is 14.9 Å². The minimum atomic E-state index is 0.656. The maximum atomic E-state index is 5.75. The molecule has 0 saturated carbocycles. The van der Waals surface area contributed by atoms with E-state index in [1.807, 2.05) is 37.4 Å². The van der Waals surface area contributed by atoms with E-state index in [1.54, 1.807) is 0 Å². The predicted octanol–water partition coefficient (Wildman–Crippen LogP) is 1.96. The molecule has 0 saturated heterocycles. The number of rotatable bonds is 2. The number of benzene rings is 1. The maximum absolute atomic E-state index is 5.75. The van der Waals surface area contributed by atoms with E-state index in [-0.39, 0.29) is 0 Å². The second-order valence-corrected chi connectivity index (χ2v) is 4.06. The first kappa shape index (κ1) is 9.89.